The standard InChI is InChI=1S/C18H18N2O4S2/c1-12-11-20(15-4-2-3-5-16(15)24-12)26(22,23)13-6-7-17-14(10-13)19-18(21)8-9-25-17/h2-7,10,12H,8-9,11H2,1H3,(H,19,21)/t12-/m1/s1. The molecule has 8 heteroatoms. The van der Waals surface area contributed by atoms with Crippen molar-refractivity contribution in [3.63, 3.8) is 0 Å². The van der Waals surface area contributed by atoms with E-state index in [9.17, 15) is 13.2 Å². The van der Waals surface area contributed by atoms with Gasteiger partial charge in [-0.15, -0.1) is 11.8 Å². The second-order valence-corrected chi connectivity index (χ2v) is 9.24. The Morgan fingerprint density at radius 1 is 1.23 bits per heavy atom. The molecule has 0 aliphatic carbocycles. The van der Waals surface area contributed by atoms with Crippen LogP contribution in [0.1, 0.15) is 13.3 Å². The molecule has 0 fully saturated rings. The molecule has 1 amide bonds. The van der Waals surface area contributed by atoms with Gasteiger partial charge in [0.2, 0.25) is 5.91 Å². The maximum absolute atomic E-state index is 13.3. The first kappa shape index (κ1) is 17.2. The van der Waals surface area contributed by atoms with Gasteiger partial charge < -0.3 is 10.1 Å². The van der Waals surface area contributed by atoms with Crippen LogP contribution in [-0.2, 0) is 14.8 Å². The molecule has 4 rings (SSSR count). The summed E-state index contributed by atoms with van der Waals surface area (Å²) >= 11 is 1.55. The number of benzene rings is 2. The number of nitrogens with one attached hydrogen (secondary N) is 1. The Balaban J connectivity index is 1.77. The fourth-order valence-corrected chi connectivity index (χ4v) is 5.58. The molecule has 2 aromatic rings. The Hall–Kier alpha value is -2.19. The van der Waals surface area contributed by atoms with Crippen molar-refractivity contribution in [3.8, 4) is 5.75 Å². The predicted octanol–water partition coefficient (Wildman–Crippen LogP) is 3.10. The minimum atomic E-state index is -3.78. The average molecular weight is 390 g/mol. The van der Waals surface area contributed by atoms with Crippen LogP contribution in [0.5, 0.6) is 5.75 Å². The van der Waals surface area contributed by atoms with Gasteiger partial charge in [-0.2, -0.15) is 0 Å². The molecule has 136 valence electrons. The maximum Gasteiger partial charge on any atom is 0.264 e. The zero-order valence-electron chi connectivity index (χ0n) is 14.1. The Morgan fingerprint density at radius 2 is 2.04 bits per heavy atom. The van der Waals surface area contributed by atoms with E-state index >= 15 is 0 Å². The Morgan fingerprint density at radius 3 is 2.88 bits per heavy atom. The summed E-state index contributed by atoms with van der Waals surface area (Å²) in [5, 5.41) is 2.80. The average Bonchev–Trinajstić information content (AvgIpc) is 2.80. The first-order chi connectivity index (χ1) is 12.4. The van der Waals surface area contributed by atoms with Crippen molar-refractivity contribution < 1.29 is 17.9 Å². The molecule has 1 N–H and O–H groups in total. The quantitative estimate of drug-likeness (QED) is 0.853. The lowest BCUT2D eigenvalue weighted by molar-refractivity contribution is -0.115. The highest BCUT2D eigenvalue weighted by molar-refractivity contribution is 7.99. The van der Waals surface area contributed by atoms with Gasteiger partial charge in [-0.05, 0) is 37.3 Å². The number of ether oxygens (including phenoxy) is 1. The van der Waals surface area contributed by atoms with Gasteiger partial charge in [0, 0.05) is 17.1 Å². The summed E-state index contributed by atoms with van der Waals surface area (Å²) in [6, 6.07) is 12.0. The maximum atomic E-state index is 13.3. The lowest BCUT2D eigenvalue weighted by Gasteiger charge is -2.34. The SMILES string of the molecule is C[C@@H]1CN(S(=O)(=O)c2ccc3c(c2)NC(=O)CCS3)c2ccccc2O1. The molecule has 2 aliphatic rings. The molecular weight excluding hydrogens is 372 g/mol. The summed E-state index contributed by atoms with van der Waals surface area (Å²) in [5.74, 6) is 1.13. The van der Waals surface area contributed by atoms with E-state index in [0.29, 0.717) is 29.3 Å². The summed E-state index contributed by atoms with van der Waals surface area (Å²) < 4.78 is 33.7. The lowest BCUT2D eigenvalue weighted by atomic mass is 10.2. The van der Waals surface area contributed by atoms with E-state index in [1.165, 1.54) is 4.31 Å². The predicted molar refractivity (Wildman–Crippen MR) is 101 cm³/mol. The van der Waals surface area contributed by atoms with Gasteiger partial charge in [0.05, 0.1) is 22.8 Å². The molecule has 1 atom stereocenters. The smallest absolute Gasteiger partial charge is 0.264 e. The van der Waals surface area contributed by atoms with Gasteiger partial charge in [0.25, 0.3) is 10.0 Å². The van der Waals surface area contributed by atoms with E-state index in [1.54, 1.807) is 48.2 Å². The molecular formula is C18H18N2O4S2. The van der Waals surface area contributed by atoms with Gasteiger partial charge in [0.15, 0.2) is 0 Å². The molecule has 2 aliphatic heterocycles. The number of thioether (sulfide) groups is 1. The molecule has 0 saturated carbocycles. The van der Waals surface area contributed by atoms with Crippen LogP contribution in [0.4, 0.5) is 11.4 Å². The third kappa shape index (κ3) is 3.03. The Labute approximate surface area is 156 Å². The van der Waals surface area contributed by atoms with E-state index < -0.39 is 10.0 Å². The second-order valence-electron chi connectivity index (χ2n) is 6.24. The molecule has 0 spiro atoms. The van der Waals surface area contributed by atoms with Gasteiger partial charge in [0.1, 0.15) is 11.9 Å². The van der Waals surface area contributed by atoms with Crippen LogP contribution in [0.2, 0.25) is 0 Å². The minimum absolute atomic E-state index is 0.101. The molecule has 26 heavy (non-hydrogen) atoms. The second kappa shape index (κ2) is 6.51. The molecule has 0 saturated heterocycles. The monoisotopic (exact) mass is 390 g/mol. The molecule has 2 aromatic carbocycles. The zero-order chi connectivity index (χ0) is 18.3. The molecule has 0 bridgehead atoms. The van der Waals surface area contributed by atoms with Gasteiger partial charge in [-0.25, -0.2) is 8.42 Å². The van der Waals surface area contributed by atoms with Gasteiger partial charge in [-0.3, -0.25) is 9.10 Å². The van der Waals surface area contributed by atoms with Crippen molar-refractivity contribution in [1.29, 1.82) is 0 Å². The number of amides is 1. The topological polar surface area (TPSA) is 75.7 Å². The van der Waals surface area contributed by atoms with Crippen molar-refractivity contribution in [3.05, 3.63) is 42.5 Å². The van der Waals surface area contributed by atoms with E-state index in [0.717, 1.165) is 4.90 Å². The molecule has 0 aromatic heterocycles. The number of para-hydroxylation sites is 2. The van der Waals surface area contributed by atoms with Crippen LogP contribution in [0.3, 0.4) is 0 Å². The van der Waals surface area contributed by atoms with Crippen LogP contribution in [0.15, 0.2) is 52.3 Å². The number of hydrogen-bond donors (Lipinski definition) is 1. The van der Waals surface area contributed by atoms with Crippen LogP contribution in [0.25, 0.3) is 0 Å². The van der Waals surface area contributed by atoms with Gasteiger partial charge >= 0.3 is 0 Å². The Kier molecular flexibility index (Phi) is 4.32. The van der Waals surface area contributed by atoms with Crippen LogP contribution < -0.4 is 14.4 Å². The summed E-state index contributed by atoms with van der Waals surface area (Å²) in [7, 11) is -3.78. The fourth-order valence-electron chi connectivity index (χ4n) is 3.06. The van der Waals surface area contributed by atoms with E-state index in [-0.39, 0.29) is 23.5 Å². The van der Waals surface area contributed by atoms with E-state index in [2.05, 4.69) is 5.32 Å². The lowest BCUT2D eigenvalue weighted by Crippen LogP contribution is -2.42. The highest BCUT2D eigenvalue weighted by Gasteiger charge is 2.33. The number of hydrogen-bond acceptors (Lipinski definition) is 5. The number of carbonyl (C=O) groups excluding carboxylic acids is 1. The largest absolute Gasteiger partial charge is 0.487 e. The van der Waals surface area contributed by atoms with Crippen LogP contribution >= 0.6 is 11.8 Å². The van der Waals surface area contributed by atoms with E-state index in [1.807, 2.05) is 13.0 Å². The summed E-state index contributed by atoms with van der Waals surface area (Å²) in [5.41, 5.74) is 1.08. The highest BCUT2D eigenvalue weighted by Crippen LogP contribution is 2.38. The van der Waals surface area contributed by atoms with E-state index in [4.69, 9.17) is 4.74 Å². The summed E-state index contributed by atoms with van der Waals surface area (Å²) in [4.78, 5) is 12.8. The normalized spacial score (nSPS) is 19.7. The first-order valence-corrected chi connectivity index (χ1v) is 10.7. The number of carbonyl (C=O) groups is 1. The third-order valence-corrected chi connectivity index (χ3v) is 7.14. The van der Waals surface area contributed by atoms with Gasteiger partial charge in [-0.1, -0.05) is 12.1 Å². The molecule has 2 heterocycles. The number of fused-ring (bicyclic) bond motifs is 2. The number of anilines is 2. The van der Waals surface area contributed by atoms with Crippen LogP contribution in [0, 0.1) is 0 Å². The Bertz CT molecular complexity index is 975. The summed E-state index contributed by atoms with van der Waals surface area (Å²) in [6.07, 6.45) is 0.159. The zero-order valence-corrected chi connectivity index (χ0v) is 15.8. The third-order valence-electron chi connectivity index (χ3n) is 4.28. The van der Waals surface area contributed by atoms with Crippen molar-refractivity contribution in [1.82, 2.24) is 0 Å². The number of sulfonamides is 1. The molecule has 6 nitrogen and oxygen atoms in total. The van der Waals surface area contributed by atoms with Crippen molar-refractivity contribution in [2.75, 3.05) is 21.9 Å². The molecule has 0 radical (unpaired) electrons. The van der Waals surface area contributed by atoms with Crippen molar-refractivity contribution in [2.24, 2.45) is 0 Å². The summed E-state index contributed by atoms with van der Waals surface area (Å²) in [6.45, 7) is 2.07. The number of rotatable bonds is 2. The first-order valence-electron chi connectivity index (χ1n) is 8.30. The minimum Gasteiger partial charge on any atom is -0.487 e. The molecule has 0 unspecified atom stereocenters. The number of nitrogens with zero attached hydrogens (tertiary/aromatic N) is 1. The fraction of sp³-hybridized carbons (Fsp3) is 0.278. The van der Waals surface area contributed by atoms with Crippen molar-refractivity contribution >= 4 is 39.1 Å². The van der Waals surface area contributed by atoms with Crippen LogP contribution in [-0.4, -0.2) is 32.7 Å². The highest BCUT2D eigenvalue weighted by atomic mass is 32.2. The van der Waals surface area contributed by atoms with Crippen molar-refractivity contribution in [2.45, 2.75) is 29.2 Å².